The number of carboxylic acids is 1. The number of carboxylic acid groups (broad SMARTS) is 1. The third-order valence-electron chi connectivity index (χ3n) is 3.95. The quantitative estimate of drug-likeness (QED) is 0.671. The molecule has 1 amide bonds. The van der Waals surface area contributed by atoms with Crippen LogP contribution in [0.3, 0.4) is 0 Å². The van der Waals surface area contributed by atoms with Crippen molar-refractivity contribution < 1.29 is 19.4 Å². The number of carbonyl (C=O) groups excluding carboxylic acids is 1. The Hall–Kier alpha value is -2.60. The molecule has 5 nitrogen and oxygen atoms in total. The maximum absolute atomic E-state index is 12.8. The molecule has 3 rings (SSSR count). The molecule has 3 aromatic rings. The van der Waals surface area contributed by atoms with E-state index in [1.54, 1.807) is 12.1 Å². The Labute approximate surface area is 179 Å². The molecule has 0 atom stereocenters. The molecule has 2 N–H and O–H groups in total. The van der Waals surface area contributed by atoms with Gasteiger partial charge in [-0.15, -0.1) is 0 Å². The second-order valence-corrected chi connectivity index (χ2v) is 5.59. The summed E-state index contributed by atoms with van der Waals surface area (Å²) in [6.07, 6.45) is 0. The average Bonchev–Trinajstić information content (AvgIpc) is 2.68. The number of hydrogen-bond acceptors (Lipinski definition) is 3. The molecule has 132 valence electrons. The zero-order valence-corrected chi connectivity index (χ0v) is 14.1. The van der Waals surface area contributed by atoms with Gasteiger partial charge in [0, 0.05) is 17.3 Å². The van der Waals surface area contributed by atoms with Crippen LogP contribution in [0.15, 0.2) is 72.8 Å². The molecule has 27 heavy (non-hydrogen) atoms. The van der Waals surface area contributed by atoms with Gasteiger partial charge in [0.1, 0.15) is 11.3 Å². The van der Waals surface area contributed by atoms with Crippen molar-refractivity contribution in [2.45, 2.75) is 0 Å². The molecular formula is C21H18NNaO4. The van der Waals surface area contributed by atoms with Gasteiger partial charge in [-0.1, -0.05) is 48.5 Å². The summed E-state index contributed by atoms with van der Waals surface area (Å²) >= 11 is 0. The second-order valence-electron chi connectivity index (χ2n) is 5.59. The van der Waals surface area contributed by atoms with Gasteiger partial charge in [0.05, 0.1) is 7.11 Å². The van der Waals surface area contributed by atoms with Crippen LogP contribution in [-0.4, -0.2) is 53.7 Å². The van der Waals surface area contributed by atoms with Crippen LogP contribution in [0.5, 0.6) is 5.75 Å². The molecule has 0 heterocycles. The fourth-order valence-corrected chi connectivity index (χ4v) is 2.69. The Bertz CT molecular complexity index is 957. The van der Waals surface area contributed by atoms with Crippen LogP contribution >= 0.6 is 0 Å². The van der Waals surface area contributed by atoms with E-state index in [0.29, 0.717) is 11.3 Å². The van der Waals surface area contributed by atoms with Crippen LogP contribution in [0.1, 0.15) is 20.7 Å². The molecule has 0 radical (unpaired) electrons. The minimum atomic E-state index is -1.09. The molecule has 0 unspecified atom stereocenters. The van der Waals surface area contributed by atoms with E-state index in [1.165, 1.54) is 25.3 Å². The van der Waals surface area contributed by atoms with Crippen LogP contribution in [0.25, 0.3) is 11.1 Å². The monoisotopic (exact) mass is 371 g/mol. The van der Waals surface area contributed by atoms with Crippen LogP contribution in [0.2, 0.25) is 0 Å². The van der Waals surface area contributed by atoms with E-state index in [2.05, 4.69) is 5.32 Å². The first kappa shape index (κ1) is 20.7. The predicted molar refractivity (Wildman–Crippen MR) is 107 cm³/mol. The molecule has 0 aromatic heterocycles. The molecule has 0 aliphatic carbocycles. The number of amides is 1. The molecule has 6 heteroatoms. The van der Waals surface area contributed by atoms with Crippen molar-refractivity contribution in [3.63, 3.8) is 0 Å². The van der Waals surface area contributed by atoms with Crippen molar-refractivity contribution in [1.29, 1.82) is 0 Å². The molecular weight excluding hydrogens is 353 g/mol. The van der Waals surface area contributed by atoms with E-state index >= 15 is 0 Å². The van der Waals surface area contributed by atoms with E-state index in [0.717, 1.165) is 11.1 Å². The van der Waals surface area contributed by atoms with E-state index in [-0.39, 0.29) is 46.8 Å². The number of methoxy groups -OCH3 is 1. The molecule has 0 fully saturated rings. The summed E-state index contributed by atoms with van der Waals surface area (Å²) < 4.78 is 5.10. The van der Waals surface area contributed by atoms with Crippen molar-refractivity contribution in [2.75, 3.05) is 12.4 Å². The van der Waals surface area contributed by atoms with Gasteiger partial charge in [0.2, 0.25) is 0 Å². The SMILES string of the molecule is COc1cc(NC(=O)c2ccccc2-c2ccccc2)ccc1C(=O)O.[NaH]. The fraction of sp³-hybridized carbons (Fsp3) is 0.0476. The fourth-order valence-electron chi connectivity index (χ4n) is 2.69. The Morgan fingerprint density at radius 1 is 0.889 bits per heavy atom. The normalized spacial score (nSPS) is 9.81. The third kappa shape index (κ3) is 4.77. The summed E-state index contributed by atoms with van der Waals surface area (Å²) in [4.78, 5) is 23.9. The van der Waals surface area contributed by atoms with Crippen LogP contribution in [-0.2, 0) is 0 Å². The zero-order chi connectivity index (χ0) is 18.5. The minimum absolute atomic E-state index is 0. The number of aromatic carboxylic acids is 1. The molecule has 0 spiro atoms. The molecule has 0 aliphatic rings. The van der Waals surface area contributed by atoms with E-state index in [9.17, 15) is 9.59 Å². The Morgan fingerprint density at radius 3 is 2.22 bits per heavy atom. The van der Waals surface area contributed by atoms with Gasteiger partial charge in [-0.2, -0.15) is 0 Å². The van der Waals surface area contributed by atoms with Gasteiger partial charge in [-0.25, -0.2) is 4.79 Å². The number of ether oxygens (including phenoxy) is 1. The Morgan fingerprint density at radius 2 is 1.56 bits per heavy atom. The molecule has 0 aliphatic heterocycles. The van der Waals surface area contributed by atoms with Crippen LogP contribution in [0.4, 0.5) is 5.69 Å². The van der Waals surface area contributed by atoms with Crippen molar-refractivity contribution in [3.8, 4) is 16.9 Å². The van der Waals surface area contributed by atoms with Crippen molar-refractivity contribution in [2.24, 2.45) is 0 Å². The van der Waals surface area contributed by atoms with Gasteiger partial charge < -0.3 is 15.2 Å². The molecule has 0 saturated heterocycles. The Kier molecular flexibility index (Phi) is 7.19. The first-order valence-electron chi connectivity index (χ1n) is 7.97. The van der Waals surface area contributed by atoms with Gasteiger partial charge >= 0.3 is 35.5 Å². The van der Waals surface area contributed by atoms with E-state index in [4.69, 9.17) is 9.84 Å². The van der Waals surface area contributed by atoms with E-state index in [1.807, 2.05) is 42.5 Å². The predicted octanol–water partition coefficient (Wildman–Crippen LogP) is 3.66. The van der Waals surface area contributed by atoms with Gasteiger partial charge in [-0.3, -0.25) is 4.79 Å². The van der Waals surface area contributed by atoms with Crippen molar-refractivity contribution in [3.05, 3.63) is 83.9 Å². The van der Waals surface area contributed by atoms with Gasteiger partial charge in [0.25, 0.3) is 5.91 Å². The number of rotatable bonds is 5. The standard InChI is InChI=1S/C21H17NO4.Na.H/c1-26-19-13-15(11-12-18(19)21(24)25)22-20(23)17-10-6-5-9-16(17)14-7-3-2-4-8-14;;/h2-13H,1H3,(H,22,23)(H,24,25);;. The van der Waals surface area contributed by atoms with Crippen molar-refractivity contribution in [1.82, 2.24) is 0 Å². The summed E-state index contributed by atoms with van der Waals surface area (Å²) in [6, 6.07) is 21.4. The maximum atomic E-state index is 12.8. The molecule has 3 aromatic carbocycles. The topological polar surface area (TPSA) is 75.6 Å². The summed E-state index contributed by atoms with van der Waals surface area (Å²) in [7, 11) is 1.39. The number of hydrogen-bond donors (Lipinski definition) is 2. The van der Waals surface area contributed by atoms with E-state index < -0.39 is 5.97 Å². The molecule has 0 saturated carbocycles. The number of carbonyl (C=O) groups is 2. The van der Waals surface area contributed by atoms with Crippen LogP contribution in [0, 0.1) is 0 Å². The zero-order valence-electron chi connectivity index (χ0n) is 14.1. The van der Waals surface area contributed by atoms with Gasteiger partial charge in [-0.05, 0) is 29.3 Å². The summed E-state index contributed by atoms with van der Waals surface area (Å²) in [5.41, 5.74) is 2.78. The Balaban J connectivity index is 0.00000261. The number of benzene rings is 3. The number of anilines is 1. The summed E-state index contributed by atoms with van der Waals surface area (Å²) in [5, 5.41) is 11.9. The molecule has 0 bridgehead atoms. The second kappa shape index (κ2) is 9.37. The summed E-state index contributed by atoms with van der Waals surface area (Å²) in [6.45, 7) is 0. The first-order valence-corrected chi connectivity index (χ1v) is 7.97. The average molecular weight is 371 g/mol. The number of nitrogens with one attached hydrogen (secondary N) is 1. The van der Waals surface area contributed by atoms with Gasteiger partial charge in [0.15, 0.2) is 0 Å². The first-order chi connectivity index (χ1) is 12.6. The van der Waals surface area contributed by atoms with Crippen molar-refractivity contribution >= 4 is 47.1 Å². The van der Waals surface area contributed by atoms with Crippen LogP contribution < -0.4 is 10.1 Å². The summed E-state index contributed by atoms with van der Waals surface area (Å²) in [5.74, 6) is -1.18. The third-order valence-corrected chi connectivity index (χ3v) is 3.95.